The highest BCUT2D eigenvalue weighted by atomic mass is 32.2. The van der Waals surface area contributed by atoms with E-state index in [0.717, 1.165) is 5.56 Å². The number of ether oxygens (including phenoxy) is 1. The van der Waals surface area contributed by atoms with Crippen molar-refractivity contribution in [3.8, 4) is 5.75 Å². The molecule has 0 saturated heterocycles. The van der Waals surface area contributed by atoms with Crippen molar-refractivity contribution in [2.45, 2.75) is 6.92 Å². The van der Waals surface area contributed by atoms with Crippen LogP contribution in [-0.4, -0.2) is 33.1 Å². The molecule has 0 spiro atoms. The fourth-order valence-electron chi connectivity index (χ4n) is 1.20. The second-order valence-corrected chi connectivity index (χ2v) is 5.91. The Labute approximate surface area is 96.3 Å². The lowest BCUT2D eigenvalue weighted by atomic mass is 10.2. The van der Waals surface area contributed by atoms with Gasteiger partial charge in [-0.2, -0.15) is 0 Å². The first-order chi connectivity index (χ1) is 7.53. The van der Waals surface area contributed by atoms with E-state index in [0.29, 0.717) is 5.75 Å². The van der Waals surface area contributed by atoms with Gasteiger partial charge in [-0.05, 0) is 19.1 Å². The van der Waals surface area contributed by atoms with Crippen LogP contribution in [0.25, 0.3) is 0 Å². The van der Waals surface area contributed by atoms with Gasteiger partial charge in [-0.1, -0.05) is 17.7 Å². The van der Waals surface area contributed by atoms with Crippen LogP contribution in [0.1, 0.15) is 5.56 Å². The van der Waals surface area contributed by atoms with Crippen molar-refractivity contribution in [3.63, 3.8) is 0 Å². The quantitative estimate of drug-likeness (QED) is 0.800. The van der Waals surface area contributed by atoms with Gasteiger partial charge in [0.1, 0.15) is 12.4 Å². The zero-order valence-electron chi connectivity index (χ0n) is 9.35. The van der Waals surface area contributed by atoms with Crippen LogP contribution in [0.3, 0.4) is 0 Å². The smallest absolute Gasteiger partial charge is 0.154 e. The van der Waals surface area contributed by atoms with Gasteiger partial charge in [0.15, 0.2) is 9.84 Å². The molecule has 0 fully saturated rings. The van der Waals surface area contributed by atoms with E-state index in [-0.39, 0.29) is 24.7 Å². The minimum absolute atomic E-state index is 0.0120. The normalized spacial score (nSPS) is 11.4. The molecule has 0 radical (unpaired) electrons. The largest absolute Gasteiger partial charge is 0.493 e. The predicted octanol–water partition coefficient (Wildman–Crippen LogP) is 0.747. The second kappa shape index (κ2) is 5.86. The maximum absolute atomic E-state index is 11.3. The van der Waals surface area contributed by atoms with E-state index in [4.69, 9.17) is 10.5 Å². The van der Waals surface area contributed by atoms with Crippen LogP contribution in [0.4, 0.5) is 0 Å². The third-order valence-electron chi connectivity index (χ3n) is 2.11. The summed E-state index contributed by atoms with van der Waals surface area (Å²) in [5, 5.41) is 0. The van der Waals surface area contributed by atoms with Crippen LogP contribution in [0, 0.1) is 6.92 Å². The summed E-state index contributed by atoms with van der Waals surface area (Å²) in [6.45, 7) is 2.31. The molecule has 4 nitrogen and oxygen atoms in total. The van der Waals surface area contributed by atoms with Crippen LogP contribution in [-0.2, 0) is 9.84 Å². The molecule has 1 aromatic carbocycles. The lowest BCUT2D eigenvalue weighted by Crippen LogP contribution is -2.21. The van der Waals surface area contributed by atoms with E-state index >= 15 is 0 Å². The summed E-state index contributed by atoms with van der Waals surface area (Å²) in [5.74, 6) is 0.719. The molecule has 0 bridgehead atoms. The van der Waals surface area contributed by atoms with Crippen molar-refractivity contribution in [1.29, 1.82) is 0 Å². The number of hydrogen-bond donors (Lipinski definition) is 1. The summed E-state index contributed by atoms with van der Waals surface area (Å²) in [7, 11) is -3.06. The van der Waals surface area contributed by atoms with Gasteiger partial charge >= 0.3 is 0 Å². The Balaban J connectivity index is 2.39. The van der Waals surface area contributed by atoms with Gasteiger partial charge in [0, 0.05) is 6.54 Å². The van der Waals surface area contributed by atoms with Crippen LogP contribution in [0.5, 0.6) is 5.75 Å². The maximum Gasteiger partial charge on any atom is 0.154 e. The Kier molecular flexibility index (Phi) is 4.76. The van der Waals surface area contributed by atoms with E-state index in [2.05, 4.69) is 0 Å². The highest BCUT2D eigenvalue weighted by Gasteiger charge is 2.09. The molecule has 2 N–H and O–H groups in total. The van der Waals surface area contributed by atoms with Gasteiger partial charge in [-0.3, -0.25) is 0 Å². The number of nitrogens with two attached hydrogens (primary N) is 1. The highest BCUT2D eigenvalue weighted by molar-refractivity contribution is 7.91. The second-order valence-electron chi connectivity index (χ2n) is 3.60. The van der Waals surface area contributed by atoms with Crippen LogP contribution in [0.15, 0.2) is 24.3 Å². The van der Waals surface area contributed by atoms with Crippen LogP contribution in [0.2, 0.25) is 0 Å². The first kappa shape index (κ1) is 13.0. The molecule has 90 valence electrons. The number of hydrogen-bond acceptors (Lipinski definition) is 4. The summed E-state index contributed by atoms with van der Waals surface area (Å²) < 4.78 is 28.0. The molecule has 0 aliphatic carbocycles. The third-order valence-corrected chi connectivity index (χ3v) is 3.76. The Morgan fingerprint density at radius 2 is 1.81 bits per heavy atom. The van der Waals surface area contributed by atoms with E-state index in [1.807, 2.05) is 31.2 Å². The first-order valence-corrected chi connectivity index (χ1v) is 6.95. The summed E-state index contributed by atoms with van der Waals surface area (Å²) in [5.41, 5.74) is 6.34. The molecule has 0 heterocycles. The molecule has 1 rings (SSSR count). The Morgan fingerprint density at radius 1 is 1.19 bits per heavy atom. The van der Waals surface area contributed by atoms with Crippen LogP contribution >= 0.6 is 0 Å². The summed E-state index contributed by atoms with van der Waals surface area (Å²) in [4.78, 5) is 0. The molecule has 0 atom stereocenters. The van der Waals surface area contributed by atoms with Crippen LogP contribution < -0.4 is 10.5 Å². The predicted molar refractivity (Wildman–Crippen MR) is 64.4 cm³/mol. The monoisotopic (exact) mass is 243 g/mol. The van der Waals surface area contributed by atoms with Gasteiger partial charge in [0.05, 0.1) is 11.5 Å². The van der Waals surface area contributed by atoms with Gasteiger partial charge in [0.2, 0.25) is 0 Å². The molecule has 0 unspecified atom stereocenters. The van der Waals surface area contributed by atoms with E-state index in [1.165, 1.54) is 0 Å². The summed E-state index contributed by atoms with van der Waals surface area (Å²) in [6, 6.07) is 7.49. The van der Waals surface area contributed by atoms with E-state index in [1.54, 1.807) is 0 Å². The van der Waals surface area contributed by atoms with Gasteiger partial charge in [-0.15, -0.1) is 0 Å². The molecule has 16 heavy (non-hydrogen) atoms. The molecule has 0 aliphatic heterocycles. The average molecular weight is 243 g/mol. The number of rotatable bonds is 6. The highest BCUT2D eigenvalue weighted by Crippen LogP contribution is 2.11. The molecule has 0 amide bonds. The van der Waals surface area contributed by atoms with Crippen molar-refractivity contribution in [2.75, 3.05) is 24.7 Å². The van der Waals surface area contributed by atoms with E-state index in [9.17, 15) is 8.42 Å². The fraction of sp³-hybridized carbons (Fsp3) is 0.455. The topological polar surface area (TPSA) is 69.4 Å². The number of benzene rings is 1. The first-order valence-electron chi connectivity index (χ1n) is 5.13. The molecular formula is C11H17NO3S. The van der Waals surface area contributed by atoms with Gasteiger partial charge in [-0.25, -0.2) is 8.42 Å². The molecule has 0 saturated carbocycles. The Bertz CT molecular complexity index is 411. The Hall–Kier alpha value is -1.07. The maximum atomic E-state index is 11.3. The zero-order chi connectivity index (χ0) is 12.0. The van der Waals surface area contributed by atoms with E-state index < -0.39 is 9.84 Å². The lowest BCUT2D eigenvalue weighted by Gasteiger charge is -2.06. The molecular weight excluding hydrogens is 226 g/mol. The fourth-order valence-corrected chi connectivity index (χ4v) is 2.10. The molecule has 1 aromatic rings. The zero-order valence-corrected chi connectivity index (χ0v) is 10.2. The summed E-state index contributed by atoms with van der Waals surface area (Å²) in [6.07, 6.45) is 0. The minimum atomic E-state index is -3.06. The van der Waals surface area contributed by atoms with Crippen molar-refractivity contribution >= 4 is 9.84 Å². The molecule has 0 aromatic heterocycles. The van der Waals surface area contributed by atoms with Crippen molar-refractivity contribution in [1.82, 2.24) is 0 Å². The Morgan fingerprint density at radius 3 is 2.38 bits per heavy atom. The number of sulfone groups is 1. The number of aryl methyl sites for hydroxylation is 1. The average Bonchev–Trinajstić information content (AvgIpc) is 2.20. The molecule has 5 heteroatoms. The van der Waals surface area contributed by atoms with Crippen molar-refractivity contribution in [3.05, 3.63) is 29.8 Å². The standard InChI is InChI=1S/C11H17NO3S/c1-10-2-4-11(5-3-10)15-7-9-16(13,14)8-6-12/h2-5H,6-9,12H2,1H3. The van der Waals surface area contributed by atoms with Gasteiger partial charge in [0.25, 0.3) is 0 Å². The molecule has 0 aliphatic rings. The SMILES string of the molecule is Cc1ccc(OCCS(=O)(=O)CCN)cc1. The summed E-state index contributed by atoms with van der Waals surface area (Å²) >= 11 is 0. The van der Waals surface area contributed by atoms with Gasteiger partial charge < -0.3 is 10.5 Å². The van der Waals surface area contributed by atoms with Crippen molar-refractivity contribution < 1.29 is 13.2 Å². The third kappa shape index (κ3) is 4.63. The lowest BCUT2D eigenvalue weighted by molar-refractivity contribution is 0.341. The minimum Gasteiger partial charge on any atom is -0.493 e. The van der Waals surface area contributed by atoms with Crippen molar-refractivity contribution in [2.24, 2.45) is 5.73 Å².